The number of aromatic amines is 2. The third-order valence-corrected chi connectivity index (χ3v) is 6.64. The number of allylic oxidation sites excluding steroid dienone is 1. The van der Waals surface area contributed by atoms with Crippen LogP contribution >= 0.6 is 0 Å². The van der Waals surface area contributed by atoms with Crippen molar-refractivity contribution in [2.75, 3.05) is 23.3 Å². The summed E-state index contributed by atoms with van der Waals surface area (Å²) in [6.07, 6.45) is 10.0. The number of pyridine rings is 2. The van der Waals surface area contributed by atoms with Crippen LogP contribution in [0.5, 0.6) is 0 Å². The van der Waals surface area contributed by atoms with Crippen LogP contribution in [0.3, 0.4) is 0 Å². The molecule has 6 rings (SSSR count). The smallest absolute Gasteiger partial charge is 0.159 e. The number of benzene rings is 1. The van der Waals surface area contributed by atoms with E-state index >= 15 is 0 Å². The molecule has 5 heterocycles. The quantitative estimate of drug-likeness (QED) is 0.290. The number of imidazole rings is 1. The maximum atomic E-state index is 5.01. The van der Waals surface area contributed by atoms with Crippen molar-refractivity contribution in [2.45, 2.75) is 32.6 Å². The Morgan fingerprint density at radius 2 is 1.97 bits per heavy atom. The Labute approximate surface area is 203 Å². The number of piperidine rings is 1. The summed E-state index contributed by atoms with van der Waals surface area (Å²) in [7, 11) is 0. The van der Waals surface area contributed by atoms with Gasteiger partial charge in [0, 0.05) is 35.9 Å². The van der Waals surface area contributed by atoms with E-state index in [0.29, 0.717) is 0 Å². The van der Waals surface area contributed by atoms with Crippen LogP contribution in [0.1, 0.15) is 32.6 Å². The number of hydrogen-bond donors (Lipinski definition) is 3. The van der Waals surface area contributed by atoms with Crippen LogP contribution < -0.4 is 10.2 Å². The first-order valence-electron chi connectivity index (χ1n) is 12.2. The molecule has 1 aliphatic heterocycles. The lowest BCUT2D eigenvalue weighted by Crippen LogP contribution is -2.29. The van der Waals surface area contributed by atoms with E-state index in [1.54, 1.807) is 6.20 Å². The molecule has 4 aromatic heterocycles. The Kier molecular flexibility index (Phi) is 5.41. The summed E-state index contributed by atoms with van der Waals surface area (Å²) in [4.78, 5) is 20.0. The number of nitrogens with zero attached hydrogens (tertiary/aromatic N) is 5. The minimum Gasteiger partial charge on any atom is -0.370 e. The van der Waals surface area contributed by atoms with Gasteiger partial charge in [-0.05, 0) is 49.9 Å². The number of H-pyrrole nitrogens is 2. The standard InChI is InChI=1S/C27H28N8/c1-3-17(2)30-19-12-18(14-28-15-19)22-13-20-23(16-29-22)33-34-25(20)27-31-21-8-7-9-24(26(21)32-27)35-10-5-4-6-11-35/h7-9,12-16,30H,2-6,10-11H2,1H3,(H,31,32)(H,33,34). The minimum absolute atomic E-state index is 0.751. The first-order valence-corrected chi connectivity index (χ1v) is 12.2. The molecule has 1 fully saturated rings. The highest BCUT2D eigenvalue weighted by atomic mass is 15.2. The molecule has 0 atom stereocenters. The average molecular weight is 465 g/mol. The maximum Gasteiger partial charge on any atom is 0.159 e. The first-order chi connectivity index (χ1) is 17.2. The predicted octanol–water partition coefficient (Wildman–Crippen LogP) is 5.89. The van der Waals surface area contributed by atoms with E-state index in [0.717, 1.165) is 75.6 Å². The maximum absolute atomic E-state index is 5.01. The Morgan fingerprint density at radius 3 is 2.83 bits per heavy atom. The summed E-state index contributed by atoms with van der Waals surface area (Å²) >= 11 is 0. The van der Waals surface area contributed by atoms with Crippen molar-refractivity contribution in [1.29, 1.82) is 0 Å². The van der Waals surface area contributed by atoms with Crippen LogP contribution in [0.4, 0.5) is 11.4 Å². The molecule has 0 radical (unpaired) electrons. The van der Waals surface area contributed by atoms with Crippen molar-refractivity contribution >= 4 is 33.3 Å². The summed E-state index contributed by atoms with van der Waals surface area (Å²) in [6.45, 7) is 8.25. The summed E-state index contributed by atoms with van der Waals surface area (Å²) < 4.78 is 0. The van der Waals surface area contributed by atoms with Gasteiger partial charge in [0.1, 0.15) is 11.2 Å². The lowest BCUT2D eigenvalue weighted by atomic mass is 10.1. The van der Waals surface area contributed by atoms with Crippen molar-refractivity contribution < 1.29 is 0 Å². The second kappa shape index (κ2) is 8.87. The van der Waals surface area contributed by atoms with E-state index in [1.165, 1.54) is 24.9 Å². The van der Waals surface area contributed by atoms with Crippen LogP contribution in [0.15, 0.2) is 61.2 Å². The molecule has 1 saturated heterocycles. The SMILES string of the molecule is C=C(CC)Nc1cncc(-c2cc3c(-c4nc5c(N6CCCCC6)cccc5[nH]4)n[nH]c3cn2)c1. The molecule has 8 nitrogen and oxygen atoms in total. The fraction of sp³-hybridized carbons (Fsp3) is 0.259. The number of nitrogens with one attached hydrogen (secondary N) is 3. The van der Waals surface area contributed by atoms with Gasteiger partial charge in [-0.1, -0.05) is 19.6 Å². The average Bonchev–Trinajstić information content (AvgIpc) is 3.53. The third kappa shape index (κ3) is 4.01. The van der Waals surface area contributed by atoms with Gasteiger partial charge in [-0.25, -0.2) is 4.98 Å². The molecule has 0 aliphatic carbocycles. The monoisotopic (exact) mass is 464 g/mol. The topological polar surface area (TPSA) is 98.4 Å². The van der Waals surface area contributed by atoms with Gasteiger partial charge in [-0.15, -0.1) is 0 Å². The molecular formula is C27H28N8. The summed E-state index contributed by atoms with van der Waals surface area (Å²) in [5.41, 5.74) is 8.43. The third-order valence-electron chi connectivity index (χ3n) is 6.64. The van der Waals surface area contributed by atoms with Crippen LogP contribution in [0.25, 0.3) is 44.7 Å². The zero-order chi connectivity index (χ0) is 23.8. The zero-order valence-corrected chi connectivity index (χ0v) is 19.8. The molecule has 1 aliphatic rings. The Morgan fingerprint density at radius 1 is 1.09 bits per heavy atom. The van der Waals surface area contributed by atoms with Gasteiger partial charge >= 0.3 is 0 Å². The largest absolute Gasteiger partial charge is 0.370 e. The summed E-state index contributed by atoms with van der Waals surface area (Å²) in [6, 6.07) is 10.4. The van der Waals surface area contributed by atoms with E-state index in [2.05, 4.69) is 67.1 Å². The number of anilines is 2. The molecule has 176 valence electrons. The fourth-order valence-electron chi connectivity index (χ4n) is 4.72. The molecule has 0 amide bonds. The van der Waals surface area contributed by atoms with Gasteiger partial charge < -0.3 is 15.2 Å². The normalized spacial score (nSPS) is 14.0. The predicted molar refractivity (Wildman–Crippen MR) is 141 cm³/mol. The van der Waals surface area contributed by atoms with Crippen LogP contribution in [-0.4, -0.2) is 43.2 Å². The highest BCUT2D eigenvalue weighted by molar-refractivity contribution is 5.96. The van der Waals surface area contributed by atoms with E-state index in [9.17, 15) is 0 Å². The molecular weight excluding hydrogens is 436 g/mol. The lowest BCUT2D eigenvalue weighted by Gasteiger charge is -2.28. The van der Waals surface area contributed by atoms with E-state index < -0.39 is 0 Å². The van der Waals surface area contributed by atoms with E-state index in [1.807, 2.05) is 24.5 Å². The highest BCUT2D eigenvalue weighted by Gasteiger charge is 2.19. The number of para-hydroxylation sites is 1. The summed E-state index contributed by atoms with van der Waals surface area (Å²) in [5.74, 6) is 0.751. The first kappa shape index (κ1) is 21.3. The molecule has 1 aromatic carbocycles. The van der Waals surface area contributed by atoms with Crippen LogP contribution in [0, 0.1) is 0 Å². The molecule has 0 saturated carbocycles. The van der Waals surface area contributed by atoms with Gasteiger partial charge in [0.25, 0.3) is 0 Å². The van der Waals surface area contributed by atoms with Crippen LogP contribution in [-0.2, 0) is 0 Å². The van der Waals surface area contributed by atoms with Gasteiger partial charge in [0.05, 0.1) is 40.5 Å². The molecule has 8 heteroatoms. The number of fused-ring (bicyclic) bond motifs is 2. The van der Waals surface area contributed by atoms with Gasteiger partial charge in [0.15, 0.2) is 5.82 Å². The Balaban J connectivity index is 1.39. The van der Waals surface area contributed by atoms with Gasteiger partial charge in [-0.2, -0.15) is 5.10 Å². The van der Waals surface area contributed by atoms with Crippen LogP contribution in [0.2, 0.25) is 0 Å². The molecule has 0 unspecified atom stereocenters. The molecule has 0 bridgehead atoms. The highest BCUT2D eigenvalue weighted by Crippen LogP contribution is 2.33. The van der Waals surface area contributed by atoms with Crippen molar-refractivity contribution in [2.24, 2.45) is 0 Å². The van der Waals surface area contributed by atoms with Gasteiger partial charge in [0.2, 0.25) is 0 Å². The van der Waals surface area contributed by atoms with Gasteiger partial charge in [-0.3, -0.25) is 15.1 Å². The molecule has 35 heavy (non-hydrogen) atoms. The fourth-order valence-corrected chi connectivity index (χ4v) is 4.72. The van der Waals surface area contributed by atoms with Crippen molar-refractivity contribution in [3.63, 3.8) is 0 Å². The molecule has 3 N–H and O–H groups in total. The zero-order valence-electron chi connectivity index (χ0n) is 19.8. The second-order valence-corrected chi connectivity index (χ2v) is 9.04. The van der Waals surface area contributed by atoms with E-state index in [4.69, 9.17) is 4.98 Å². The number of aromatic nitrogens is 6. The second-order valence-electron chi connectivity index (χ2n) is 9.04. The lowest BCUT2D eigenvalue weighted by molar-refractivity contribution is 0.579. The van der Waals surface area contributed by atoms with Crippen molar-refractivity contribution in [1.82, 2.24) is 30.1 Å². The summed E-state index contributed by atoms with van der Waals surface area (Å²) in [5, 5.41) is 12.0. The van der Waals surface area contributed by atoms with E-state index in [-0.39, 0.29) is 0 Å². The Hall–Kier alpha value is -4.20. The number of hydrogen-bond acceptors (Lipinski definition) is 6. The minimum atomic E-state index is 0.751. The number of rotatable bonds is 6. The molecule has 5 aromatic rings. The van der Waals surface area contributed by atoms with Crippen molar-refractivity contribution in [3.8, 4) is 22.8 Å². The Bertz CT molecular complexity index is 1520. The molecule has 0 spiro atoms. The van der Waals surface area contributed by atoms with Crippen molar-refractivity contribution in [3.05, 3.63) is 61.2 Å².